The number of aromatic nitrogens is 3. The number of benzene rings is 1. The number of hydrogen-bond donors (Lipinski definition) is 3. The van der Waals surface area contributed by atoms with Gasteiger partial charge in [-0.05, 0) is 37.7 Å². The molecule has 1 fully saturated rings. The third kappa shape index (κ3) is 6.64. The highest BCUT2D eigenvalue weighted by atomic mass is 19.3. The number of rotatable bonds is 9. The van der Waals surface area contributed by atoms with Gasteiger partial charge in [0.25, 0.3) is 0 Å². The quantitative estimate of drug-likeness (QED) is 0.396. The summed E-state index contributed by atoms with van der Waals surface area (Å²) < 4.78 is 35.1. The molecule has 1 aromatic carbocycles. The maximum absolute atomic E-state index is 12.6. The molecule has 3 N–H and O–H groups in total. The molecule has 2 aromatic heterocycles. The standard InChI is InChI=1S/C24H26F2N6O3/c25-23(26)34-11-10-19(16-4-2-1-3-5-16)29-24(33)30-21-12-20-18(14-28-21)22(32-31-20)35-17-8-6-15(13-27)7-9-17/h1-5,12,14-15,17,19,23H,6-11H2,(H,31,32)(H2,28,29,30,33). The number of pyridine rings is 1. The average Bonchev–Trinajstić information content (AvgIpc) is 3.26. The Morgan fingerprint density at radius 2 is 2.00 bits per heavy atom. The summed E-state index contributed by atoms with van der Waals surface area (Å²) in [6.45, 7) is -3.08. The molecule has 4 rings (SSSR count). The van der Waals surface area contributed by atoms with Crippen molar-refractivity contribution in [2.75, 3.05) is 11.9 Å². The number of urea groups is 1. The van der Waals surface area contributed by atoms with E-state index < -0.39 is 18.7 Å². The predicted molar refractivity (Wildman–Crippen MR) is 124 cm³/mol. The van der Waals surface area contributed by atoms with Crippen molar-refractivity contribution >= 4 is 22.8 Å². The first kappa shape index (κ1) is 24.3. The first-order valence-electron chi connectivity index (χ1n) is 11.4. The molecule has 0 saturated heterocycles. The fourth-order valence-electron chi connectivity index (χ4n) is 4.11. The van der Waals surface area contributed by atoms with Crippen molar-refractivity contribution in [2.45, 2.75) is 50.9 Å². The van der Waals surface area contributed by atoms with Gasteiger partial charge in [-0.1, -0.05) is 30.3 Å². The minimum absolute atomic E-state index is 0.00125. The summed E-state index contributed by atoms with van der Waals surface area (Å²) in [5.74, 6) is 0.813. The zero-order valence-electron chi connectivity index (χ0n) is 18.9. The number of nitrogens with zero attached hydrogens (tertiary/aromatic N) is 3. The number of fused-ring (bicyclic) bond motifs is 1. The molecule has 2 heterocycles. The van der Waals surface area contributed by atoms with Crippen molar-refractivity contribution in [1.82, 2.24) is 20.5 Å². The Morgan fingerprint density at radius 1 is 1.23 bits per heavy atom. The SMILES string of the molecule is N#CC1CCC(Oc2n[nH]c3cc(NC(=O)NC(CCOC(F)F)c4ccccc4)ncc23)CC1. The Kier molecular flexibility index (Phi) is 8.05. The van der Waals surface area contributed by atoms with Crippen LogP contribution in [0, 0.1) is 17.2 Å². The van der Waals surface area contributed by atoms with Crippen molar-refractivity contribution in [3.05, 3.63) is 48.2 Å². The van der Waals surface area contributed by atoms with E-state index in [-0.39, 0.29) is 30.9 Å². The van der Waals surface area contributed by atoms with Gasteiger partial charge in [-0.15, -0.1) is 5.10 Å². The van der Waals surface area contributed by atoms with Crippen molar-refractivity contribution in [1.29, 1.82) is 5.26 Å². The van der Waals surface area contributed by atoms with E-state index in [0.29, 0.717) is 16.8 Å². The van der Waals surface area contributed by atoms with E-state index in [4.69, 9.17) is 10.00 Å². The molecule has 1 atom stereocenters. The molecule has 1 aliphatic rings. The number of alkyl halides is 2. The Hall–Kier alpha value is -3.78. The number of ether oxygens (including phenoxy) is 2. The number of hydrogen-bond acceptors (Lipinski definition) is 6. The normalized spacial score (nSPS) is 18.7. The number of nitrogens with one attached hydrogen (secondary N) is 3. The van der Waals surface area contributed by atoms with Crippen LogP contribution >= 0.6 is 0 Å². The molecule has 0 spiro atoms. The number of carbonyl (C=O) groups excluding carboxylic acids is 1. The highest BCUT2D eigenvalue weighted by molar-refractivity contribution is 5.92. The highest BCUT2D eigenvalue weighted by Gasteiger charge is 2.24. The van der Waals surface area contributed by atoms with E-state index in [0.717, 1.165) is 31.2 Å². The average molecular weight is 485 g/mol. The molecule has 0 bridgehead atoms. The lowest BCUT2D eigenvalue weighted by Crippen LogP contribution is -2.33. The van der Waals surface area contributed by atoms with Crippen molar-refractivity contribution in [3.8, 4) is 11.9 Å². The molecular formula is C24H26F2N6O3. The molecule has 9 nitrogen and oxygen atoms in total. The number of nitriles is 1. The molecule has 1 saturated carbocycles. The first-order chi connectivity index (χ1) is 17.0. The van der Waals surface area contributed by atoms with E-state index in [1.54, 1.807) is 36.5 Å². The summed E-state index contributed by atoms with van der Waals surface area (Å²) in [5.41, 5.74) is 1.41. The van der Waals surface area contributed by atoms with Crippen LogP contribution in [0.2, 0.25) is 0 Å². The van der Waals surface area contributed by atoms with Crippen LogP contribution in [0.15, 0.2) is 42.6 Å². The van der Waals surface area contributed by atoms with Gasteiger partial charge in [-0.2, -0.15) is 14.0 Å². The van der Waals surface area contributed by atoms with Crippen LogP contribution in [0.25, 0.3) is 10.9 Å². The van der Waals surface area contributed by atoms with Crippen molar-refractivity contribution < 1.29 is 23.0 Å². The molecule has 0 aliphatic heterocycles. The van der Waals surface area contributed by atoms with Crippen molar-refractivity contribution in [3.63, 3.8) is 0 Å². The van der Waals surface area contributed by atoms with Gasteiger partial charge in [0.1, 0.15) is 11.9 Å². The smallest absolute Gasteiger partial charge is 0.345 e. The molecule has 184 valence electrons. The molecule has 1 aliphatic carbocycles. The summed E-state index contributed by atoms with van der Waals surface area (Å²) in [5, 5.41) is 22.3. The van der Waals surface area contributed by atoms with Gasteiger partial charge in [0.2, 0.25) is 5.88 Å². The number of aromatic amines is 1. The van der Waals surface area contributed by atoms with E-state index in [9.17, 15) is 13.6 Å². The van der Waals surface area contributed by atoms with Gasteiger partial charge >= 0.3 is 12.6 Å². The van der Waals surface area contributed by atoms with Crippen LogP contribution in [-0.4, -0.2) is 40.5 Å². The fourth-order valence-corrected chi connectivity index (χ4v) is 4.11. The number of anilines is 1. The lowest BCUT2D eigenvalue weighted by Gasteiger charge is -2.24. The first-order valence-corrected chi connectivity index (χ1v) is 11.4. The summed E-state index contributed by atoms with van der Waals surface area (Å²) in [6.07, 6.45) is 4.95. The predicted octanol–water partition coefficient (Wildman–Crippen LogP) is 4.91. The summed E-state index contributed by atoms with van der Waals surface area (Å²) in [7, 11) is 0. The van der Waals surface area contributed by atoms with Gasteiger partial charge in [0, 0.05) is 18.2 Å². The second-order valence-corrected chi connectivity index (χ2v) is 8.35. The zero-order chi connectivity index (χ0) is 24.6. The van der Waals surface area contributed by atoms with Crippen LogP contribution in [0.4, 0.5) is 19.4 Å². The van der Waals surface area contributed by atoms with Crippen LogP contribution in [0.3, 0.4) is 0 Å². The Bertz CT molecular complexity index is 1160. The topological polar surface area (TPSA) is 125 Å². The molecular weight excluding hydrogens is 458 g/mol. The van der Waals surface area contributed by atoms with E-state index in [1.165, 1.54) is 0 Å². The largest absolute Gasteiger partial charge is 0.473 e. The number of H-pyrrole nitrogens is 1. The summed E-state index contributed by atoms with van der Waals surface area (Å²) >= 11 is 0. The number of halogens is 2. The van der Waals surface area contributed by atoms with Crippen LogP contribution < -0.4 is 15.4 Å². The number of amides is 2. The molecule has 3 aromatic rings. The third-order valence-electron chi connectivity index (χ3n) is 5.95. The maximum Gasteiger partial charge on any atom is 0.345 e. The Labute approximate surface area is 200 Å². The van der Waals surface area contributed by atoms with Gasteiger partial charge in [-0.3, -0.25) is 10.4 Å². The lowest BCUT2D eigenvalue weighted by molar-refractivity contribution is -0.130. The second kappa shape index (κ2) is 11.6. The van der Waals surface area contributed by atoms with E-state index in [1.807, 2.05) is 6.07 Å². The number of carbonyl (C=O) groups is 1. The zero-order valence-corrected chi connectivity index (χ0v) is 18.9. The monoisotopic (exact) mass is 484 g/mol. The maximum atomic E-state index is 12.6. The Morgan fingerprint density at radius 3 is 2.71 bits per heavy atom. The minimum Gasteiger partial charge on any atom is -0.473 e. The molecule has 1 unspecified atom stereocenters. The lowest BCUT2D eigenvalue weighted by atomic mass is 9.88. The fraction of sp³-hybridized carbons (Fsp3) is 0.417. The molecule has 0 radical (unpaired) electrons. The summed E-state index contributed by atoms with van der Waals surface area (Å²) in [4.78, 5) is 16.9. The third-order valence-corrected chi connectivity index (χ3v) is 5.95. The van der Waals surface area contributed by atoms with Crippen LogP contribution in [0.5, 0.6) is 5.88 Å². The van der Waals surface area contributed by atoms with Crippen LogP contribution in [-0.2, 0) is 4.74 Å². The van der Waals surface area contributed by atoms with E-state index >= 15 is 0 Å². The minimum atomic E-state index is -2.87. The van der Waals surface area contributed by atoms with Gasteiger partial charge < -0.3 is 14.8 Å². The van der Waals surface area contributed by atoms with Crippen LogP contribution in [0.1, 0.15) is 43.7 Å². The molecule has 11 heteroatoms. The summed E-state index contributed by atoms with van der Waals surface area (Å²) in [6, 6.07) is 11.9. The molecule has 35 heavy (non-hydrogen) atoms. The van der Waals surface area contributed by atoms with Crippen molar-refractivity contribution in [2.24, 2.45) is 5.92 Å². The second-order valence-electron chi connectivity index (χ2n) is 8.35. The van der Waals surface area contributed by atoms with E-state index in [2.05, 4.69) is 36.6 Å². The van der Waals surface area contributed by atoms with Gasteiger partial charge in [-0.25, -0.2) is 9.78 Å². The van der Waals surface area contributed by atoms with Gasteiger partial charge in [0.05, 0.1) is 29.6 Å². The highest BCUT2D eigenvalue weighted by Crippen LogP contribution is 2.30. The molecule has 2 amide bonds. The Balaban J connectivity index is 1.37. The van der Waals surface area contributed by atoms with Gasteiger partial charge in [0.15, 0.2) is 0 Å².